The van der Waals surface area contributed by atoms with Gasteiger partial charge in [0.05, 0.1) is 23.8 Å². The van der Waals surface area contributed by atoms with Crippen molar-refractivity contribution in [1.29, 1.82) is 0 Å². The molecular formula is C16H16BrN3O4. The summed E-state index contributed by atoms with van der Waals surface area (Å²) in [5.41, 5.74) is 1.02. The molecule has 0 radical (unpaired) electrons. The van der Waals surface area contributed by atoms with Gasteiger partial charge in [-0.25, -0.2) is 4.79 Å². The van der Waals surface area contributed by atoms with E-state index in [0.29, 0.717) is 5.75 Å². The molecule has 0 bridgehead atoms. The topological polar surface area (TPSA) is 93.5 Å². The lowest BCUT2D eigenvalue weighted by molar-refractivity contribution is -0.384. The minimum absolute atomic E-state index is 0.133. The largest absolute Gasteiger partial charge is 0.495 e. The molecule has 0 spiro atoms. The number of hydrogen-bond donors (Lipinski definition) is 2. The third kappa shape index (κ3) is 4.45. The van der Waals surface area contributed by atoms with Gasteiger partial charge in [0.15, 0.2) is 0 Å². The Balaban J connectivity index is 2.11. The molecule has 1 atom stereocenters. The van der Waals surface area contributed by atoms with Crippen molar-refractivity contribution in [3.63, 3.8) is 0 Å². The number of carbonyl (C=O) groups is 1. The molecule has 0 heterocycles. The van der Waals surface area contributed by atoms with Crippen molar-refractivity contribution in [1.82, 2.24) is 5.32 Å². The lowest BCUT2D eigenvalue weighted by atomic mass is 10.1. The van der Waals surface area contributed by atoms with Crippen molar-refractivity contribution >= 4 is 33.3 Å². The Kier molecular flexibility index (Phi) is 5.75. The highest BCUT2D eigenvalue weighted by Crippen LogP contribution is 2.29. The van der Waals surface area contributed by atoms with E-state index in [1.54, 1.807) is 0 Å². The van der Waals surface area contributed by atoms with Crippen molar-refractivity contribution in [2.24, 2.45) is 0 Å². The molecule has 24 heavy (non-hydrogen) atoms. The van der Waals surface area contributed by atoms with Crippen molar-refractivity contribution in [3.05, 3.63) is 62.6 Å². The number of nitrogens with one attached hydrogen (secondary N) is 2. The minimum atomic E-state index is -0.535. The molecule has 0 aliphatic carbocycles. The van der Waals surface area contributed by atoms with Gasteiger partial charge in [0, 0.05) is 16.6 Å². The number of nitro benzene ring substituents is 1. The minimum Gasteiger partial charge on any atom is -0.495 e. The van der Waals surface area contributed by atoms with E-state index in [1.165, 1.54) is 25.3 Å². The van der Waals surface area contributed by atoms with Gasteiger partial charge in [0.25, 0.3) is 5.69 Å². The zero-order valence-corrected chi connectivity index (χ0v) is 14.7. The van der Waals surface area contributed by atoms with Gasteiger partial charge in [-0.15, -0.1) is 0 Å². The lowest BCUT2D eigenvalue weighted by Crippen LogP contribution is -2.31. The fraction of sp³-hybridized carbons (Fsp3) is 0.188. The molecule has 2 aromatic rings. The molecule has 0 aromatic heterocycles. The van der Waals surface area contributed by atoms with Crippen LogP contribution in [0.4, 0.5) is 16.2 Å². The van der Waals surface area contributed by atoms with E-state index < -0.39 is 11.0 Å². The maximum absolute atomic E-state index is 12.2. The van der Waals surface area contributed by atoms with Gasteiger partial charge in [0.2, 0.25) is 0 Å². The van der Waals surface area contributed by atoms with Crippen molar-refractivity contribution < 1.29 is 14.5 Å². The molecule has 8 heteroatoms. The number of ether oxygens (including phenoxy) is 1. The molecule has 2 aromatic carbocycles. The standard InChI is InChI=1S/C16H16BrN3O4/c1-10(11-4-3-5-12(17)8-11)18-16(21)19-14-9-13(20(22)23)6-7-15(14)24-2/h3-10H,1-2H3,(H2,18,19,21). The summed E-state index contributed by atoms with van der Waals surface area (Å²) in [5.74, 6) is 0.339. The number of urea groups is 1. The number of rotatable bonds is 5. The zero-order chi connectivity index (χ0) is 17.7. The van der Waals surface area contributed by atoms with Crippen LogP contribution in [0.25, 0.3) is 0 Å². The second-order valence-corrected chi connectivity index (χ2v) is 5.93. The molecule has 0 saturated heterocycles. The van der Waals surface area contributed by atoms with E-state index in [0.717, 1.165) is 10.0 Å². The Bertz CT molecular complexity index is 767. The monoisotopic (exact) mass is 393 g/mol. The number of hydrogen-bond acceptors (Lipinski definition) is 4. The quantitative estimate of drug-likeness (QED) is 0.586. The van der Waals surface area contributed by atoms with Gasteiger partial charge < -0.3 is 15.4 Å². The lowest BCUT2D eigenvalue weighted by Gasteiger charge is -2.16. The Morgan fingerprint density at radius 3 is 2.67 bits per heavy atom. The summed E-state index contributed by atoms with van der Waals surface area (Å²) in [6.07, 6.45) is 0. The summed E-state index contributed by atoms with van der Waals surface area (Å²) in [7, 11) is 1.42. The first-order valence-electron chi connectivity index (χ1n) is 7.06. The number of methoxy groups -OCH3 is 1. The normalized spacial score (nSPS) is 11.5. The summed E-state index contributed by atoms with van der Waals surface area (Å²) in [6.45, 7) is 1.84. The second-order valence-electron chi connectivity index (χ2n) is 5.02. The number of anilines is 1. The molecule has 7 nitrogen and oxygen atoms in total. The van der Waals surface area contributed by atoms with E-state index in [2.05, 4.69) is 26.6 Å². The summed E-state index contributed by atoms with van der Waals surface area (Å²) in [5, 5.41) is 16.2. The van der Waals surface area contributed by atoms with E-state index in [1.807, 2.05) is 31.2 Å². The highest BCUT2D eigenvalue weighted by atomic mass is 79.9. The Hall–Kier alpha value is -2.61. The third-order valence-electron chi connectivity index (χ3n) is 3.34. The number of benzene rings is 2. The molecule has 0 aliphatic rings. The molecule has 0 aliphatic heterocycles. The zero-order valence-electron chi connectivity index (χ0n) is 13.1. The number of amides is 2. The predicted molar refractivity (Wildman–Crippen MR) is 94.4 cm³/mol. The first kappa shape index (κ1) is 17.7. The Labute approximate surface area is 147 Å². The predicted octanol–water partition coefficient (Wildman–Crippen LogP) is 4.25. The number of carbonyl (C=O) groups excluding carboxylic acids is 1. The SMILES string of the molecule is COc1ccc([N+](=O)[O-])cc1NC(=O)NC(C)c1cccc(Br)c1. The molecule has 2 amide bonds. The number of non-ortho nitro benzene ring substituents is 1. The van der Waals surface area contributed by atoms with Crippen LogP contribution in [0.15, 0.2) is 46.9 Å². The van der Waals surface area contributed by atoms with Crippen molar-refractivity contribution in [2.75, 3.05) is 12.4 Å². The average molecular weight is 394 g/mol. The molecule has 1 unspecified atom stereocenters. The van der Waals surface area contributed by atoms with Crippen LogP contribution in [0.3, 0.4) is 0 Å². The first-order chi connectivity index (χ1) is 11.4. The maximum Gasteiger partial charge on any atom is 0.319 e. The highest BCUT2D eigenvalue weighted by Gasteiger charge is 2.15. The van der Waals surface area contributed by atoms with Crippen LogP contribution in [0, 0.1) is 10.1 Å². The fourth-order valence-corrected chi connectivity index (χ4v) is 2.54. The van der Waals surface area contributed by atoms with Crippen molar-refractivity contribution in [2.45, 2.75) is 13.0 Å². The molecule has 2 N–H and O–H groups in total. The van der Waals surface area contributed by atoms with Gasteiger partial charge in [-0.05, 0) is 30.7 Å². The van der Waals surface area contributed by atoms with Crippen LogP contribution >= 0.6 is 15.9 Å². The Morgan fingerprint density at radius 2 is 2.04 bits per heavy atom. The first-order valence-corrected chi connectivity index (χ1v) is 7.85. The highest BCUT2D eigenvalue weighted by molar-refractivity contribution is 9.10. The van der Waals surface area contributed by atoms with E-state index in [-0.39, 0.29) is 17.4 Å². The van der Waals surface area contributed by atoms with Crippen LogP contribution in [-0.2, 0) is 0 Å². The van der Waals surface area contributed by atoms with E-state index in [9.17, 15) is 14.9 Å². The third-order valence-corrected chi connectivity index (χ3v) is 3.83. The van der Waals surface area contributed by atoms with Gasteiger partial charge >= 0.3 is 6.03 Å². The summed E-state index contributed by atoms with van der Waals surface area (Å²) in [4.78, 5) is 22.5. The molecule has 0 saturated carbocycles. The maximum atomic E-state index is 12.2. The van der Waals surface area contributed by atoms with Gasteiger partial charge in [-0.1, -0.05) is 28.1 Å². The molecule has 126 valence electrons. The smallest absolute Gasteiger partial charge is 0.319 e. The van der Waals surface area contributed by atoms with Gasteiger partial charge in [0.1, 0.15) is 5.75 Å². The van der Waals surface area contributed by atoms with E-state index >= 15 is 0 Å². The van der Waals surface area contributed by atoms with Gasteiger partial charge in [-0.3, -0.25) is 10.1 Å². The van der Waals surface area contributed by atoms with Crippen LogP contribution in [0.1, 0.15) is 18.5 Å². The fourth-order valence-electron chi connectivity index (χ4n) is 2.12. The van der Waals surface area contributed by atoms with Crippen LogP contribution < -0.4 is 15.4 Å². The van der Waals surface area contributed by atoms with Crippen LogP contribution in [-0.4, -0.2) is 18.1 Å². The van der Waals surface area contributed by atoms with Gasteiger partial charge in [-0.2, -0.15) is 0 Å². The summed E-state index contributed by atoms with van der Waals surface area (Å²) >= 11 is 3.38. The van der Waals surface area contributed by atoms with E-state index in [4.69, 9.17) is 4.74 Å². The van der Waals surface area contributed by atoms with Crippen LogP contribution in [0.2, 0.25) is 0 Å². The number of nitro groups is 1. The second kappa shape index (κ2) is 7.78. The van der Waals surface area contributed by atoms with Crippen molar-refractivity contribution in [3.8, 4) is 5.75 Å². The molecule has 0 fully saturated rings. The average Bonchev–Trinajstić information content (AvgIpc) is 2.54. The summed E-state index contributed by atoms with van der Waals surface area (Å²) < 4.78 is 6.03. The number of halogens is 1. The summed E-state index contributed by atoms with van der Waals surface area (Å²) in [6, 6.07) is 10.8. The Morgan fingerprint density at radius 1 is 1.29 bits per heavy atom. The number of nitrogens with zero attached hydrogens (tertiary/aromatic N) is 1. The molecule has 2 rings (SSSR count). The molecular weight excluding hydrogens is 378 g/mol. The van der Waals surface area contributed by atoms with Crippen LogP contribution in [0.5, 0.6) is 5.75 Å².